The molecule has 1 aliphatic rings. The van der Waals surface area contributed by atoms with Crippen LogP contribution in [0, 0.1) is 0 Å². The minimum absolute atomic E-state index is 0.163. The van der Waals surface area contributed by atoms with Gasteiger partial charge in [-0.15, -0.1) is 0 Å². The van der Waals surface area contributed by atoms with Crippen LogP contribution in [0.2, 0.25) is 0 Å². The van der Waals surface area contributed by atoms with E-state index >= 15 is 0 Å². The number of aliphatic hydroxyl groups excluding tert-OH is 1. The average Bonchev–Trinajstić information content (AvgIpc) is 2.17. The molecule has 0 saturated heterocycles. The molecule has 0 bridgehead atoms. The number of rotatable bonds is 4. The maximum atomic E-state index is 8.92. The summed E-state index contributed by atoms with van der Waals surface area (Å²) in [5, 5.41) is 12.1. The predicted octanol–water partition coefficient (Wildman–Crippen LogP) is 1.38. The van der Waals surface area contributed by atoms with Crippen LogP contribution in [0.1, 0.15) is 52.4 Å². The van der Waals surface area contributed by atoms with E-state index in [0.29, 0.717) is 18.4 Å². The molecule has 0 aromatic carbocycles. The smallest absolute Gasteiger partial charge is 0.189 e. The summed E-state index contributed by atoms with van der Waals surface area (Å²) < 4.78 is 0. The van der Waals surface area contributed by atoms with Gasteiger partial charge in [0.05, 0.1) is 6.04 Å². The third-order valence-electron chi connectivity index (χ3n) is 3.10. The van der Waals surface area contributed by atoms with Crippen molar-refractivity contribution in [1.29, 1.82) is 0 Å². The second-order valence-electron chi connectivity index (χ2n) is 5.29. The first kappa shape index (κ1) is 13.3. The molecule has 1 fully saturated rings. The number of nitrogens with zero attached hydrogens (tertiary/aromatic N) is 1. The zero-order valence-electron chi connectivity index (χ0n) is 10.5. The van der Waals surface area contributed by atoms with Crippen LogP contribution in [0.4, 0.5) is 0 Å². The molecule has 0 heterocycles. The Labute approximate surface area is 98.3 Å². The molecule has 1 aliphatic carbocycles. The van der Waals surface area contributed by atoms with Crippen LogP contribution in [0.5, 0.6) is 0 Å². The van der Waals surface area contributed by atoms with Gasteiger partial charge in [-0.1, -0.05) is 19.3 Å². The molecular weight excluding hydrogens is 202 g/mol. The fraction of sp³-hybridized carbons (Fsp3) is 0.917. The topological polar surface area (TPSA) is 70.6 Å². The summed E-state index contributed by atoms with van der Waals surface area (Å²) in [5.41, 5.74) is 5.69. The van der Waals surface area contributed by atoms with Crippen molar-refractivity contribution in [2.75, 3.05) is 6.61 Å². The van der Waals surface area contributed by atoms with E-state index < -0.39 is 0 Å². The Morgan fingerprint density at radius 3 is 2.56 bits per heavy atom. The number of aliphatic imine (C=N–C) groups is 1. The lowest BCUT2D eigenvalue weighted by molar-refractivity contribution is 0.244. The molecule has 0 aliphatic heterocycles. The average molecular weight is 227 g/mol. The van der Waals surface area contributed by atoms with Gasteiger partial charge in [0, 0.05) is 12.1 Å². The summed E-state index contributed by atoms with van der Waals surface area (Å²) in [6.07, 6.45) is 6.85. The minimum Gasteiger partial charge on any atom is -0.396 e. The van der Waals surface area contributed by atoms with Crippen LogP contribution in [-0.2, 0) is 0 Å². The standard InChI is InChI=1S/C12H25N3O/c1-12(2,8-9-16)15-11(13)14-10-6-4-3-5-7-10/h10,16H,3-9H2,1-2H3,(H3,13,14,15). The Morgan fingerprint density at radius 1 is 1.38 bits per heavy atom. The van der Waals surface area contributed by atoms with E-state index in [1.807, 2.05) is 13.8 Å². The van der Waals surface area contributed by atoms with E-state index in [0.717, 1.165) is 12.8 Å². The van der Waals surface area contributed by atoms with E-state index in [1.54, 1.807) is 0 Å². The van der Waals surface area contributed by atoms with Gasteiger partial charge in [-0.05, 0) is 33.1 Å². The van der Waals surface area contributed by atoms with Crippen molar-refractivity contribution in [3.8, 4) is 0 Å². The molecule has 4 nitrogen and oxygen atoms in total. The highest BCUT2D eigenvalue weighted by Crippen LogP contribution is 2.20. The zero-order chi connectivity index (χ0) is 12.0. The van der Waals surface area contributed by atoms with E-state index in [1.165, 1.54) is 19.3 Å². The number of hydrogen-bond donors (Lipinski definition) is 3. The molecule has 4 heteroatoms. The zero-order valence-corrected chi connectivity index (χ0v) is 10.5. The van der Waals surface area contributed by atoms with Gasteiger partial charge in [-0.3, -0.25) is 4.99 Å². The normalized spacial score (nSPS) is 19.8. The number of aliphatic hydroxyl groups is 1. The van der Waals surface area contributed by atoms with Gasteiger partial charge < -0.3 is 16.2 Å². The lowest BCUT2D eigenvalue weighted by Gasteiger charge is -2.27. The summed E-state index contributed by atoms with van der Waals surface area (Å²) in [4.78, 5) is 4.51. The van der Waals surface area contributed by atoms with E-state index in [9.17, 15) is 0 Å². The SMILES string of the molecule is CC(C)(CCO)NC(N)=NC1CCCCC1. The molecule has 0 aromatic heterocycles. The molecule has 0 spiro atoms. The Morgan fingerprint density at radius 2 is 2.00 bits per heavy atom. The van der Waals surface area contributed by atoms with Crippen molar-refractivity contribution >= 4 is 5.96 Å². The van der Waals surface area contributed by atoms with Crippen molar-refractivity contribution in [1.82, 2.24) is 5.32 Å². The highest BCUT2D eigenvalue weighted by Gasteiger charge is 2.18. The first-order valence-corrected chi connectivity index (χ1v) is 6.26. The first-order valence-electron chi connectivity index (χ1n) is 6.26. The van der Waals surface area contributed by atoms with Gasteiger partial charge >= 0.3 is 0 Å². The molecular formula is C12H25N3O. The van der Waals surface area contributed by atoms with Crippen molar-refractivity contribution in [3.63, 3.8) is 0 Å². The quantitative estimate of drug-likeness (QED) is 0.502. The number of nitrogens with one attached hydrogen (secondary N) is 1. The Bertz CT molecular complexity index is 232. The fourth-order valence-corrected chi connectivity index (χ4v) is 2.13. The van der Waals surface area contributed by atoms with Crippen LogP contribution in [0.15, 0.2) is 4.99 Å². The second kappa shape index (κ2) is 6.09. The summed E-state index contributed by atoms with van der Waals surface area (Å²) >= 11 is 0. The predicted molar refractivity (Wildman–Crippen MR) is 67.4 cm³/mol. The van der Waals surface area contributed by atoms with Crippen molar-refractivity contribution in [2.45, 2.75) is 64.0 Å². The highest BCUT2D eigenvalue weighted by atomic mass is 16.3. The maximum absolute atomic E-state index is 8.92. The van der Waals surface area contributed by atoms with Gasteiger partial charge in [-0.25, -0.2) is 0 Å². The van der Waals surface area contributed by atoms with Gasteiger partial charge in [0.2, 0.25) is 0 Å². The van der Waals surface area contributed by atoms with Gasteiger partial charge in [-0.2, -0.15) is 0 Å². The monoisotopic (exact) mass is 227 g/mol. The largest absolute Gasteiger partial charge is 0.396 e. The van der Waals surface area contributed by atoms with Crippen molar-refractivity contribution < 1.29 is 5.11 Å². The van der Waals surface area contributed by atoms with Gasteiger partial charge in [0.15, 0.2) is 5.96 Å². The van der Waals surface area contributed by atoms with E-state index in [4.69, 9.17) is 10.8 Å². The molecule has 0 unspecified atom stereocenters. The van der Waals surface area contributed by atoms with Crippen LogP contribution in [0.3, 0.4) is 0 Å². The lowest BCUT2D eigenvalue weighted by atomic mass is 9.96. The minimum atomic E-state index is -0.184. The molecule has 0 aromatic rings. The number of guanidine groups is 1. The number of hydrogen-bond acceptors (Lipinski definition) is 2. The lowest BCUT2D eigenvalue weighted by Crippen LogP contribution is -2.48. The molecule has 1 saturated carbocycles. The highest BCUT2D eigenvalue weighted by molar-refractivity contribution is 5.78. The van der Waals surface area contributed by atoms with Gasteiger partial charge in [0.1, 0.15) is 0 Å². The third kappa shape index (κ3) is 4.84. The van der Waals surface area contributed by atoms with Crippen LogP contribution >= 0.6 is 0 Å². The molecule has 1 rings (SSSR count). The molecule has 16 heavy (non-hydrogen) atoms. The number of nitrogens with two attached hydrogens (primary N) is 1. The van der Waals surface area contributed by atoms with Crippen LogP contribution in [-0.4, -0.2) is 29.3 Å². The summed E-state index contributed by atoms with van der Waals surface area (Å²) in [7, 11) is 0. The molecule has 0 radical (unpaired) electrons. The van der Waals surface area contributed by atoms with Gasteiger partial charge in [0.25, 0.3) is 0 Å². The Balaban J connectivity index is 2.43. The van der Waals surface area contributed by atoms with Crippen LogP contribution < -0.4 is 11.1 Å². The molecule has 4 N–H and O–H groups in total. The molecule has 0 atom stereocenters. The van der Waals surface area contributed by atoms with E-state index in [-0.39, 0.29) is 12.1 Å². The Hall–Kier alpha value is -0.770. The Kier molecular flexibility index (Phi) is 5.06. The van der Waals surface area contributed by atoms with Crippen molar-refractivity contribution in [2.24, 2.45) is 10.7 Å². The maximum Gasteiger partial charge on any atom is 0.189 e. The first-order chi connectivity index (χ1) is 7.53. The third-order valence-corrected chi connectivity index (χ3v) is 3.10. The van der Waals surface area contributed by atoms with Crippen LogP contribution in [0.25, 0.3) is 0 Å². The fourth-order valence-electron chi connectivity index (χ4n) is 2.13. The molecule has 0 amide bonds. The van der Waals surface area contributed by atoms with E-state index in [2.05, 4.69) is 10.3 Å². The second-order valence-corrected chi connectivity index (χ2v) is 5.29. The summed E-state index contributed by atoms with van der Waals surface area (Å²) in [6.45, 7) is 4.20. The summed E-state index contributed by atoms with van der Waals surface area (Å²) in [5.74, 6) is 0.519. The molecule has 94 valence electrons. The van der Waals surface area contributed by atoms with Crippen molar-refractivity contribution in [3.05, 3.63) is 0 Å². The summed E-state index contributed by atoms with van der Waals surface area (Å²) in [6, 6.07) is 0.395.